The molecule has 0 saturated heterocycles. The highest BCUT2D eigenvalue weighted by molar-refractivity contribution is 7.13. The topological polar surface area (TPSA) is 68.3 Å². The molecule has 0 fully saturated rings. The van der Waals surface area contributed by atoms with E-state index in [4.69, 9.17) is 16.3 Å². The Morgan fingerprint density at radius 2 is 2.08 bits per heavy atom. The molecular weight excluding hydrogens is 379 g/mol. The zero-order valence-electron chi connectivity index (χ0n) is 13.7. The van der Waals surface area contributed by atoms with Gasteiger partial charge in [0.15, 0.2) is 0 Å². The van der Waals surface area contributed by atoms with Gasteiger partial charge in [-0.3, -0.25) is 9.59 Å². The van der Waals surface area contributed by atoms with E-state index >= 15 is 0 Å². The van der Waals surface area contributed by atoms with E-state index < -0.39 is 17.7 Å². The predicted molar refractivity (Wildman–Crippen MR) is 99.3 cm³/mol. The summed E-state index contributed by atoms with van der Waals surface area (Å²) in [5.74, 6) is -1.68. The lowest BCUT2D eigenvalue weighted by Crippen LogP contribution is -2.14. The second kappa shape index (κ2) is 7.80. The lowest BCUT2D eigenvalue weighted by Gasteiger charge is -2.10. The molecular formula is C18H14ClFN2O3S. The number of halogens is 2. The van der Waals surface area contributed by atoms with Crippen LogP contribution in [0.2, 0.25) is 5.02 Å². The zero-order chi connectivity index (χ0) is 18.7. The van der Waals surface area contributed by atoms with Crippen LogP contribution in [0.3, 0.4) is 0 Å². The molecule has 26 heavy (non-hydrogen) atoms. The van der Waals surface area contributed by atoms with Gasteiger partial charge in [-0.25, -0.2) is 4.39 Å². The first kappa shape index (κ1) is 18.3. The third-order valence-corrected chi connectivity index (χ3v) is 4.76. The van der Waals surface area contributed by atoms with Gasteiger partial charge in [-0.2, -0.15) is 4.37 Å². The monoisotopic (exact) mass is 392 g/mol. The van der Waals surface area contributed by atoms with Gasteiger partial charge in [0.05, 0.1) is 28.4 Å². The number of amides is 1. The summed E-state index contributed by atoms with van der Waals surface area (Å²) in [4.78, 5) is 24.0. The summed E-state index contributed by atoms with van der Waals surface area (Å²) >= 11 is 7.34. The molecule has 1 heterocycles. The van der Waals surface area contributed by atoms with Gasteiger partial charge in [0, 0.05) is 10.9 Å². The van der Waals surface area contributed by atoms with Crippen molar-refractivity contribution in [2.45, 2.75) is 13.3 Å². The number of nitrogens with zero attached hydrogens (tertiary/aromatic N) is 1. The normalized spacial score (nSPS) is 10.7. The van der Waals surface area contributed by atoms with Crippen LogP contribution in [-0.4, -0.2) is 22.9 Å². The van der Waals surface area contributed by atoms with Crippen molar-refractivity contribution < 1.29 is 18.7 Å². The van der Waals surface area contributed by atoms with Crippen molar-refractivity contribution in [1.29, 1.82) is 0 Å². The minimum Gasteiger partial charge on any atom is -0.466 e. The Morgan fingerprint density at radius 1 is 1.31 bits per heavy atom. The van der Waals surface area contributed by atoms with E-state index in [1.807, 2.05) is 18.2 Å². The highest BCUT2D eigenvalue weighted by Crippen LogP contribution is 2.28. The van der Waals surface area contributed by atoms with Crippen molar-refractivity contribution in [2.24, 2.45) is 0 Å². The van der Waals surface area contributed by atoms with E-state index in [2.05, 4.69) is 9.69 Å². The van der Waals surface area contributed by atoms with E-state index in [0.717, 1.165) is 10.8 Å². The standard InChI is InChI=1S/C18H14ClFN2O3S/c1-2-25-16(23)8-10-7-12(19)14(9-13(10)20)21-18(24)17-11-5-3-4-6-15(11)26-22-17/h3-7,9H,2,8H2,1H3,(H,21,24). The van der Waals surface area contributed by atoms with Crippen molar-refractivity contribution in [1.82, 2.24) is 4.37 Å². The van der Waals surface area contributed by atoms with E-state index in [1.165, 1.54) is 17.6 Å². The number of fused-ring (bicyclic) bond motifs is 1. The largest absolute Gasteiger partial charge is 0.466 e. The van der Waals surface area contributed by atoms with E-state index in [0.29, 0.717) is 5.39 Å². The van der Waals surface area contributed by atoms with Gasteiger partial charge in [0.2, 0.25) is 0 Å². The molecule has 0 bridgehead atoms. The van der Waals surface area contributed by atoms with Crippen molar-refractivity contribution in [3.63, 3.8) is 0 Å². The number of carbonyl (C=O) groups is 2. The molecule has 1 N–H and O–H groups in total. The van der Waals surface area contributed by atoms with Crippen LogP contribution in [0.15, 0.2) is 36.4 Å². The average Bonchev–Trinajstić information content (AvgIpc) is 3.03. The van der Waals surface area contributed by atoms with E-state index in [1.54, 1.807) is 13.0 Å². The first-order valence-electron chi connectivity index (χ1n) is 7.79. The lowest BCUT2D eigenvalue weighted by atomic mass is 10.1. The van der Waals surface area contributed by atoms with Crippen LogP contribution >= 0.6 is 23.1 Å². The summed E-state index contributed by atoms with van der Waals surface area (Å²) in [7, 11) is 0. The van der Waals surface area contributed by atoms with Gasteiger partial charge in [0.25, 0.3) is 5.91 Å². The van der Waals surface area contributed by atoms with Crippen LogP contribution < -0.4 is 5.32 Å². The number of carbonyl (C=O) groups excluding carboxylic acids is 2. The average molecular weight is 393 g/mol. The SMILES string of the molecule is CCOC(=O)Cc1cc(Cl)c(NC(=O)c2nsc3ccccc23)cc1F. The third kappa shape index (κ3) is 3.84. The Kier molecular flexibility index (Phi) is 5.49. The molecule has 0 aliphatic heterocycles. The quantitative estimate of drug-likeness (QED) is 0.651. The van der Waals surface area contributed by atoms with Crippen LogP contribution in [0.4, 0.5) is 10.1 Å². The molecule has 0 spiro atoms. The second-order valence-corrected chi connectivity index (χ2v) is 6.60. The lowest BCUT2D eigenvalue weighted by molar-refractivity contribution is -0.142. The minimum absolute atomic E-state index is 0.102. The molecule has 3 aromatic rings. The van der Waals surface area contributed by atoms with E-state index in [-0.39, 0.29) is 35.0 Å². The predicted octanol–water partition coefficient (Wildman–Crippen LogP) is 4.45. The molecule has 2 aromatic carbocycles. The minimum atomic E-state index is -0.652. The Morgan fingerprint density at radius 3 is 2.85 bits per heavy atom. The maximum Gasteiger partial charge on any atom is 0.310 e. The Bertz CT molecular complexity index is 990. The summed E-state index contributed by atoms with van der Waals surface area (Å²) in [6, 6.07) is 9.71. The highest BCUT2D eigenvalue weighted by Gasteiger charge is 2.18. The Balaban J connectivity index is 1.82. The zero-order valence-corrected chi connectivity index (χ0v) is 15.3. The van der Waals surface area contributed by atoms with Crippen LogP contribution in [0.1, 0.15) is 23.0 Å². The number of ether oxygens (including phenoxy) is 1. The molecule has 5 nitrogen and oxygen atoms in total. The van der Waals surface area contributed by atoms with Gasteiger partial charge >= 0.3 is 5.97 Å². The van der Waals surface area contributed by atoms with Crippen molar-refractivity contribution >= 4 is 50.8 Å². The second-order valence-electron chi connectivity index (χ2n) is 5.39. The van der Waals surface area contributed by atoms with Crippen molar-refractivity contribution in [2.75, 3.05) is 11.9 Å². The molecule has 0 unspecified atom stereocenters. The first-order chi connectivity index (χ1) is 12.5. The van der Waals surface area contributed by atoms with Crippen molar-refractivity contribution in [3.8, 4) is 0 Å². The summed E-state index contributed by atoms with van der Waals surface area (Å²) in [5, 5.41) is 3.41. The highest BCUT2D eigenvalue weighted by atomic mass is 35.5. The van der Waals surface area contributed by atoms with Crippen LogP contribution in [-0.2, 0) is 16.0 Å². The molecule has 134 valence electrons. The van der Waals surface area contributed by atoms with Crippen molar-refractivity contribution in [3.05, 3.63) is 58.5 Å². The number of esters is 1. The number of nitrogens with one attached hydrogen (secondary N) is 1. The molecule has 0 radical (unpaired) electrons. The van der Waals surface area contributed by atoms with Crippen LogP contribution in [0, 0.1) is 5.82 Å². The van der Waals surface area contributed by atoms with Gasteiger partial charge in [-0.05, 0) is 36.7 Å². The number of rotatable bonds is 5. The number of hydrogen-bond acceptors (Lipinski definition) is 5. The Labute approximate surface area is 157 Å². The van der Waals surface area contributed by atoms with Crippen LogP contribution in [0.5, 0.6) is 0 Å². The van der Waals surface area contributed by atoms with E-state index in [9.17, 15) is 14.0 Å². The fraction of sp³-hybridized carbons (Fsp3) is 0.167. The summed E-state index contributed by atoms with van der Waals surface area (Å²) < 4.78 is 24.1. The van der Waals surface area contributed by atoms with Gasteiger partial charge in [-0.1, -0.05) is 29.8 Å². The molecule has 8 heteroatoms. The van der Waals surface area contributed by atoms with Crippen LogP contribution in [0.25, 0.3) is 10.1 Å². The molecule has 0 aliphatic carbocycles. The van der Waals surface area contributed by atoms with Gasteiger partial charge in [-0.15, -0.1) is 0 Å². The van der Waals surface area contributed by atoms with Gasteiger partial charge in [0.1, 0.15) is 11.5 Å². The maximum absolute atomic E-state index is 14.2. The van der Waals surface area contributed by atoms with Gasteiger partial charge < -0.3 is 10.1 Å². The fourth-order valence-corrected chi connectivity index (χ4v) is 3.42. The summed E-state index contributed by atoms with van der Waals surface area (Å²) in [6.07, 6.45) is -0.232. The summed E-state index contributed by atoms with van der Waals surface area (Å²) in [6.45, 7) is 1.88. The fourth-order valence-electron chi connectivity index (χ4n) is 2.42. The molecule has 1 aromatic heterocycles. The maximum atomic E-state index is 14.2. The molecule has 3 rings (SSSR count). The molecule has 0 aliphatic rings. The number of benzene rings is 2. The molecule has 0 saturated carbocycles. The molecule has 1 amide bonds. The third-order valence-electron chi connectivity index (χ3n) is 3.62. The number of anilines is 1. The number of hydrogen-bond donors (Lipinski definition) is 1. The first-order valence-corrected chi connectivity index (χ1v) is 8.94. The Hall–Kier alpha value is -2.51. The smallest absolute Gasteiger partial charge is 0.310 e. The summed E-state index contributed by atoms with van der Waals surface area (Å²) in [5.41, 5.74) is 0.460. The number of aromatic nitrogens is 1. The molecule has 0 atom stereocenters.